The molecule has 1 heterocycles. The molecule has 0 aromatic carbocycles. The van der Waals surface area contributed by atoms with Crippen molar-refractivity contribution in [3.63, 3.8) is 0 Å². The molecule has 2 amide bonds. The summed E-state index contributed by atoms with van der Waals surface area (Å²) in [6.07, 6.45) is 7.39. The van der Waals surface area contributed by atoms with Crippen molar-refractivity contribution in [1.82, 2.24) is 10.7 Å². The largest absolute Gasteiger partial charge is 0.465 e. The summed E-state index contributed by atoms with van der Waals surface area (Å²) in [6.45, 7) is 5.75. The van der Waals surface area contributed by atoms with Crippen molar-refractivity contribution >= 4 is 18.1 Å². The fourth-order valence-electron chi connectivity index (χ4n) is 3.38. The van der Waals surface area contributed by atoms with Crippen molar-refractivity contribution in [2.45, 2.75) is 58.5 Å². The van der Waals surface area contributed by atoms with Gasteiger partial charge in [-0.3, -0.25) is 10.2 Å². The molecule has 0 bridgehead atoms. The number of nitrogens with one attached hydrogen (secondary N) is 2. The number of ether oxygens (including phenoxy) is 1. The molecule has 0 spiro atoms. The van der Waals surface area contributed by atoms with Crippen molar-refractivity contribution in [3.8, 4) is 0 Å². The second-order valence-electron chi connectivity index (χ2n) is 7.74. The van der Waals surface area contributed by atoms with Crippen LogP contribution in [0, 0.1) is 5.41 Å². The molecule has 1 aromatic heterocycles. The van der Waals surface area contributed by atoms with Crippen LogP contribution < -0.4 is 16.6 Å². The summed E-state index contributed by atoms with van der Waals surface area (Å²) in [4.78, 5) is 24.7. The van der Waals surface area contributed by atoms with E-state index in [0.29, 0.717) is 17.9 Å². The number of furan rings is 1. The lowest BCUT2D eigenvalue weighted by Crippen LogP contribution is -2.46. The minimum Gasteiger partial charge on any atom is -0.465 e. The van der Waals surface area contributed by atoms with Crippen LogP contribution in [0.2, 0.25) is 0 Å². The van der Waals surface area contributed by atoms with Gasteiger partial charge in [0.2, 0.25) is 0 Å². The van der Waals surface area contributed by atoms with Gasteiger partial charge in [-0.2, -0.15) is 0 Å². The Morgan fingerprint density at radius 3 is 2.54 bits per heavy atom. The standard InChI is InChI=1S/C19H29N3O4/c1-18(2,3)26-17(24)21-13-19(9-5-4-6-10-19)15(16(23)22-20)12-14-8-7-11-25-14/h7-8,11-12H,4-6,9-10,13,20H2,1-3H3,(H,21,24)(H,22,23). The first-order valence-corrected chi connectivity index (χ1v) is 8.99. The third-order valence-corrected chi connectivity index (χ3v) is 4.56. The van der Waals surface area contributed by atoms with Crippen LogP contribution in [0.1, 0.15) is 58.6 Å². The molecule has 0 saturated heterocycles. The minimum atomic E-state index is -0.578. The molecule has 0 radical (unpaired) electrons. The summed E-state index contributed by atoms with van der Waals surface area (Å²) in [5.41, 5.74) is 1.67. The molecule has 0 aliphatic heterocycles. The van der Waals surface area contributed by atoms with Gasteiger partial charge in [-0.25, -0.2) is 10.6 Å². The average molecular weight is 363 g/mol. The number of alkyl carbamates (subject to hydrolysis) is 1. The highest BCUT2D eigenvalue weighted by atomic mass is 16.6. The van der Waals surface area contributed by atoms with Crippen LogP contribution in [0.25, 0.3) is 6.08 Å². The van der Waals surface area contributed by atoms with Crippen LogP contribution >= 0.6 is 0 Å². The van der Waals surface area contributed by atoms with E-state index in [1.807, 2.05) is 20.8 Å². The summed E-state index contributed by atoms with van der Waals surface area (Å²) < 4.78 is 10.7. The third kappa shape index (κ3) is 5.36. The van der Waals surface area contributed by atoms with Crippen LogP contribution in [0.4, 0.5) is 4.79 Å². The summed E-state index contributed by atoms with van der Waals surface area (Å²) in [7, 11) is 0. The van der Waals surface area contributed by atoms with Crippen molar-refractivity contribution in [2.24, 2.45) is 11.3 Å². The maximum atomic E-state index is 12.5. The smallest absolute Gasteiger partial charge is 0.407 e. The second kappa shape index (κ2) is 8.40. The highest BCUT2D eigenvalue weighted by Gasteiger charge is 2.39. The van der Waals surface area contributed by atoms with E-state index in [1.165, 1.54) is 0 Å². The van der Waals surface area contributed by atoms with Gasteiger partial charge in [0.25, 0.3) is 5.91 Å². The van der Waals surface area contributed by atoms with Gasteiger partial charge in [0.1, 0.15) is 11.4 Å². The molecule has 1 aliphatic rings. The Balaban J connectivity index is 2.27. The number of carbonyl (C=O) groups is 2. The molecule has 1 saturated carbocycles. The number of carbonyl (C=O) groups excluding carboxylic acids is 2. The van der Waals surface area contributed by atoms with E-state index in [-0.39, 0.29) is 5.91 Å². The van der Waals surface area contributed by atoms with Crippen LogP contribution in [0.15, 0.2) is 28.4 Å². The minimum absolute atomic E-state index is 0.307. The van der Waals surface area contributed by atoms with Gasteiger partial charge in [-0.1, -0.05) is 19.3 Å². The van der Waals surface area contributed by atoms with Crippen LogP contribution in [0.3, 0.4) is 0 Å². The van der Waals surface area contributed by atoms with E-state index < -0.39 is 17.1 Å². The first kappa shape index (κ1) is 20.0. The predicted octanol–water partition coefficient (Wildman–Crippen LogP) is 3.13. The lowest BCUT2D eigenvalue weighted by molar-refractivity contribution is -0.118. The molecule has 1 fully saturated rings. The molecule has 4 N–H and O–H groups in total. The van der Waals surface area contributed by atoms with E-state index in [9.17, 15) is 9.59 Å². The number of hydrogen-bond acceptors (Lipinski definition) is 5. The van der Waals surface area contributed by atoms with Gasteiger partial charge < -0.3 is 14.5 Å². The van der Waals surface area contributed by atoms with Gasteiger partial charge in [0, 0.05) is 17.5 Å². The lowest BCUT2D eigenvalue weighted by Gasteiger charge is -2.39. The van der Waals surface area contributed by atoms with Crippen molar-refractivity contribution in [2.75, 3.05) is 6.54 Å². The van der Waals surface area contributed by atoms with E-state index in [0.717, 1.165) is 32.1 Å². The predicted molar refractivity (Wildman–Crippen MR) is 98.8 cm³/mol. The van der Waals surface area contributed by atoms with E-state index in [1.54, 1.807) is 24.5 Å². The SMILES string of the molecule is CC(C)(C)OC(=O)NCC1(C(=Cc2ccco2)C(=O)NN)CCCCC1. The molecule has 144 valence electrons. The molecule has 0 atom stereocenters. The highest BCUT2D eigenvalue weighted by molar-refractivity contribution is 5.98. The van der Waals surface area contributed by atoms with Crippen LogP contribution in [-0.2, 0) is 9.53 Å². The zero-order chi connectivity index (χ0) is 19.2. The molecule has 1 aliphatic carbocycles. The second-order valence-corrected chi connectivity index (χ2v) is 7.74. The summed E-state index contributed by atoms with van der Waals surface area (Å²) in [5, 5.41) is 2.84. The summed E-state index contributed by atoms with van der Waals surface area (Å²) in [5.74, 6) is 5.63. The number of nitrogens with two attached hydrogens (primary N) is 1. The molecule has 2 rings (SSSR count). The third-order valence-electron chi connectivity index (χ3n) is 4.56. The van der Waals surface area contributed by atoms with E-state index >= 15 is 0 Å². The number of hydrogen-bond donors (Lipinski definition) is 3. The summed E-state index contributed by atoms with van der Waals surface area (Å²) in [6, 6.07) is 3.54. The van der Waals surface area contributed by atoms with Crippen molar-refractivity contribution < 1.29 is 18.7 Å². The lowest BCUT2D eigenvalue weighted by atomic mass is 9.68. The van der Waals surface area contributed by atoms with E-state index in [2.05, 4.69) is 10.7 Å². The normalized spacial score (nSPS) is 17.5. The topological polar surface area (TPSA) is 107 Å². The van der Waals surface area contributed by atoms with Crippen molar-refractivity contribution in [3.05, 3.63) is 29.7 Å². The van der Waals surface area contributed by atoms with Gasteiger partial charge in [0.15, 0.2) is 0 Å². The Kier molecular flexibility index (Phi) is 6.47. The maximum absolute atomic E-state index is 12.5. The first-order chi connectivity index (χ1) is 12.3. The van der Waals surface area contributed by atoms with Gasteiger partial charge in [-0.15, -0.1) is 0 Å². The fourth-order valence-corrected chi connectivity index (χ4v) is 3.38. The molecular weight excluding hydrogens is 334 g/mol. The monoisotopic (exact) mass is 363 g/mol. The van der Waals surface area contributed by atoms with Gasteiger partial charge in [-0.05, 0) is 51.8 Å². The van der Waals surface area contributed by atoms with Crippen LogP contribution in [0.5, 0.6) is 0 Å². The highest BCUT2D eigenvalue weighted by Crippen LogP contribution is 2.43. The first-order valence-electron chi connectivity index (χ1n) is 8.99. The number of hydrazine groups is 1. The Morgan fingerprint density at radius 2 is 2.00 bits per heavy atom. The average Bonchev–Trinajstić information content (AvgIpc) is 3.10. The van der Waals surface area contributed by atoms with Gasteiger partial charge >= 0.3 is 6.09 Å². The van der Waals surface area contributed by atoms with Gasteiger partial charge in [0.05, 0.1) is 6.26 Å². The van der Waals surface area contributed by atoms with E-state index in [4.69, 9.17) is 15.0 Å². The molecule has 7 nitrogen and oxygen atoms in total. The molecule has 0 unspecified atom stereocenters. The zero-order valence-corrected chi connectivity index (χ0v) is 15.8. The Labute approximate surface area is 154 Å². The Bertz CT molecular complexity index is 638. The quantitative estimate of drug-likeness (QED) is 0.322. The molecule has 7 heteroatoms. The number of rotatable bonds is 5. The Morgan fingerprint density at radius 1 is 1.31 bits per heavy atom. The maximum Gasteiger partial charge on any atom is 0.407 e. The molecule has 26 heavy (non-hydrogen) atoms. The van der Waals surface area contributed by atoms with Crippen molar-refractivity contribution in [1.29, 1.82) is 0 Å². The summed E-state index contributed by atoms with van der Waals surface area (Å²) >= 11 is 0. The zero-order valence-electron chi connectivity index (χ0n) is 15.8. The molecule has 1 aromatic rings. The Hall–Kier alpha value is -2.28. The fraction of sp³-hybridized carbons (Fsp3) is 0.579. The molecular formula is C19H29N3O4. The van der Waals surface area contributed by atoms with Crippen LogP contribution in [-0.4, -0.2) is 24.1 Å². The number of amides is 2.